The fourth-order valence-electron chi connectivity index (χ4n) is 4.34. The smallest absolute Gasteiger partial charge is 0.336 e. The maximum atomic E-state index is 12.4. The van der Waals surface area contributed by atoms with Crippen molar-refractivity contribution in [1.82, 2.24) is 5.32 Å². The van der Waals surface area contributed by atoms with Gasteiger partial charge in [0.15, 0.2) is 12.0 Å². The number of fused-ring (bicyclic) bond motifs is 2. The van der Waals surface area contributed by atoms with Gasteiger partial charge in [0.2, 0.25) is 0 Å². The van der Waals surface area contributed by atoms with Gasteiger partial charge in [-0.15, -0.1) is 0 Å². The highest BCUT2D eigenvalue weighted by Crippen LogP contribution is 2.38. The number of rotatable bonds is 14. The maximum absolute atomic E-state index is 12.4. The lowest BCUT2D eigenvalue weighted by Crippen LogP contribution is -2.60. The van der Waals surface area contributed by atoms with Gasteiger partial charge in [0, 0.05) is 24.6 Å². The molecule has 0 saturated carbocycles. The fraction of sp³-hybridized carbons (Fsp3) is 0.870. The Hall–Kier alpha value is -1.11. The minimum absolute atomic E-state index is 0.152. The average Bonchev–Trinajstić information content (AvgIpc) is 2.67. The Bertz CT molecular complexity index is 535. The third-order valence-electron chi connectivity index (χ3n) is 5.84. The molecule has 3 atom stereocenters. The minimum Gasteiger partial charge on any atom is -0.463 e. The van der Waals surface area contributed by atoms with Crippen LogP contribution >= 0.6 is 0 Å². The lowest BCUT2D eigenvalue weighted by atomic mass is 9.82. The van der Waals surface area contributed by atoms with Gasteiger partial charge in [0.05, 0.1) is 18.8 Å². The van der Waals surface area contributed by atoms with Gasteiger partial charge in [-0.25, -0.2) is 4.79 Å². The van der Waals surface area contributed by atoms with Gasteiger partial charge in [0.1, 0.15) is 0 Å². The Kier molecular flexibility index (Phi) is 10.5. The molecule has 0 amide bonds. The summed E-state index contributed by atoms with van der Waals surface area (Å²) in [5.41, 5.74) is 0.0455. The van der Waals surface area contributed by atoms with E-state index in [1.54, 1.807) is 13.8 Å². The third-order valence-corrected chi connectivity index (χ3v) is 5.84. The summed E-state index contributed by atoms with van der Waals surface area (Å²) >= 11 is 0. The number of hydrogen-bond donors (Lipinski definition) is 2. The number of allylic oxidation sites excluding steroid dienone is 1. The molecule has 6 nitrogen and oxygen atoms in total. The topological polar surface area (TPSA) is 77.0 Å². The molecule has 1 fully saturated rings. The molecule has 0 aromatic heterocycles. The normalized spacial score (nSPS) is 26.3. The highest BCUT2D eigenvalue weighted by atomic mass is 16.7. The molecule has 2 aliphatic heterocycles. The second kappa shape index (κ2) is 12.6. The number of unbranched alkanes of at least 4 members (excludes halogenated alkanes) is 9. The van der Waals surface area contributed by atoms with Crippen LogP contribution in [0.3, 0.4) is 0 Å². The SMILES string of the molecule is CCCCCCCCCCCCO[C@H]1OC[C@@]2(O)C[C@@H]1C(C(=O)OCC)=C(C)N2. The summed E-state index contributed by atoms with van der Waals surface area (Å²) in [5, 5.41) is 13.6. The molecule has 29 heavy (non-hydrogen) atoms. The molecule has 2 rings (SSSR count). The molecule has 2 bridgehead atoms. The first-order valence-corrected chi connectivity index (χ1v) is 11.6. The van der Waals surface area contributed by atoms with E-state index in [0.717, 1.165) is 12.8 Å². The van der Waals surface area contributed by atoms with E-state index in [1.807, 2.05) is 0 Å². The average molecular weight is 412 g/mol. The summed E-state index contributed by atoms with van der Waals surface area (Å²) in [7, 11) is 0. The molecule has 0 spiro atoms. The Balaban J connectivity index is 1.70. The second-order valence-electron chi connectivity index (χ2n) is 8.46. The van der Waals surface area contributed by atoms with Crippen LogP contribution in [0, 0.1) is 5.92 Å². The number of aliphatic hydroxyl groups is 1. The molecule has 2 heterocycles. The van der Waals surface area contributed by atoms with Gasteiger partial charge in [0.25, 0.3) is 0 Å². The maximum Gasteiger partial charge on any atom is 0.336 e. The zero-order valence-corrected chi connectivity index (χ0v) is 18.6. The van der Waals surface area contributed by atoms with Crippen molar-refractivity contribution < 1.29 is 24.1 Å². The van der Waals surface area contributed by atoms with E-state index >= 15 is 0 Å². The van der Waals surface area contributed by atoms with Crippen LogP contribution in [0.5, 0.6) is 0 Å². The van der Waals surface area contributed by atoms with Gasteiger partial charge in [-0.2, -0.15) is 0 Å². The quantitative estimate of drug-likeness (QED) is 0.326. The Labute approximate surface area is 176 Å². The van der Waals surface area contributed by atoms with Gasteiger partial charge >= 0.3 is 5.97 Å². The van der Waals surface area contributed by atoms with Crippen LogP contribution in [-0.4, -0.2) is 42.9 Å². The number of ether oxygens (including phenoxy) is 3. The van der Waals surface area contributed by atoms with Crippen LogP contribution in [-0.2, 0) is 19.0 Å². The van der Waals surface area contributed by atoms with Crippen LogP contribution < -0.4 is 5.32 Å². The summed E-state index contributed by atoms with van der Waals surface area (Å²) in [6, 6.07) is 0. The van der Waals surface area contributed by atoms with Crippen LogP contribution in [0.15, 0.2) is 11.3 Å². The van der Waals surface area contributed by atoms with E-state index in [-0.39, 0.29) is 18.5 Å². The monoisotopic (exact) mass is 411 g/mol. The predicted octanol–water partition coefficient (Wildman–Crippen LogP) is 4.42. The van der Waals surface area contributed by atoms with Gasteiger partial charge in [-0.05, 0) is 20.3 Å². The lowest BCUT2D eigenvalue weighted by molar-refractivity contribution is -0.246. The van der Waals surface area contributed by atoms with Gasteiger partial charge < -0.3 is 24.6 Å². The minimum atomic E-state index is -1.14. The molecular weight excluding hydrogens is 370 g/mol. The molecule has 0 radical (unpaired) electrons. The van der Waals surface area contributed by atoms with Crippen molar-refractivity contribution in [3.63, 3.8) is 0 Å². The van der Waals surface area contributed by atoms with Crippen molar-refractivity contribution in [2.24, 2.45) is 5.92 Å². The summed E-state index contributed by atoms with van der Waals surface area (Å²) < 4.78 is 17.0. The Morgan fingerprint density at radius 3 is 2.34 bits per heavy atom. The highest BCUT2D eigenvalue weighted by Gasteiger charge is 2.48. The van der Waals surface area contributed by atoms with E-state index in [0.29, 0.717) is 30.9 Å². The summed E-state index contributed by atoms with van der Waals surface area (Å²) in [5.74, 6) is -0.667. The van der Waals surface area contributed by atoms with Crippen molar-refractivity contribution in [3.05, 3.63) is 11.3 Å². The standard InChI is InChI=1S/C23H41NO5/c1-4-6-7-8-9-10-11-12-13-14-15-28-22-19-16-23(26,17-29-22)24-18(3)20(19)21(25)27-5-2/h19,22,24,26H,4-17H2,1-3H3/t19-,22+,23+/m1/s1. The molecule has 0 aromatic carbocycles. The van der Waals surface area contributed by atoms with E-state index in [2.05, 4.69) is 12.2 Å². The van der Waals surface area contributed by atoms with Crippen molar-refractivity contribution in [1.29, 1.82) is 0 Å². The molecule has 1 saturated heterocycles. The molecular formula is C23H41NO5. The predicted molar refractivity (Wildman–Crippen MR) is 113 cm³/mol. The molecule has 6 heteroatoms. The van der Waals surface area contributed by atoms with Gasteiger partial charge in [-0.1, -0.05) is 64.7 Å². The molecule has 0 aliphatic carbocycles. The zero-order chi connectivity index (χ0) is 21.1. The second-order valence-corrected chi connectivity index (χ2v) is 8.46. The number of carbonyl (C=O) groups excluding carboxylic acids is 1. The van der Waals surface area contributed by atoms with Crippen LogP contribution in [0.1, 0.15) is 91.4 Å². The number of carbonyl (C=O) groups is 1. The Morgan fingerprint density at radius 2 is 1.72 bits per heavy atom. The first-order valence-electron chi connectivity index (χ1n) is 11.6. The van der Waals surface area contributed by atoms with E-state index in [4.69, 9.17) is 14.2 Å². The van der Waals surface area contributed by atoms with Crippen molar-refractivity contribution >= 4 is 5.97 Å². The molecule has 2 aliphatic rings. The summed E-state index contributed by atoms with van der Waals surface area (Å²) in [6.45, 7) is 6.92. The first kappa shape index (κ1) is 24.2. The van der Waals surface area contributed by atoms with Crippen molar-refractivity contribution in [2.45, 2.75) is 103 Å². The van der Waals surface area contributed by atoms with Crippen molar-refractivity contribution in [3.8, 4) is 0 Å². The molecule has 0 aromatic rings. The van der Waals surface area contributed by atoms with Crippen LogP contribution in [0.2, 0.25) is 0 Å². The molecule has 0 unspecified atom stereocenters. The van der Waals surface area contributed by atoms with E-state index in [1.165, 1.54) is 51.4 Å². The third kappa shape index (κ3) is 7.58. The molecule has 168 valence electrons. The van der Waals surface area contributed by atoms with Crippen LogP contribution in [0.4, 0.5) is 0 Å². The largest absolute Gasteiger partial charge is 0.463 e. The highest BCUT2D eigenvalue weighted by molar-refractivity contribution is 5.90. The van der Waals surface area contributed by atoms with E-state index < -0.39 is 12.0 Å². The molecule has 2 N–H and O–H groups in total. The number of nitrogens with one attached hydrogen (secondary N) is 1. The fourth-order valence-corrected chi connectivity index (χ4v) is 4.34. The zero-order valence-electron chi connectivity index (χ0n) is 18.6. The first-order chi connectivity index (χ1) is 14.0. The van der Waals surface area contributed by atoms with Crippen molar-refractivity contribution in [2.75, 3.05) is 19.8 Å². The number of esters is 1. The summed E-state index contributed by atoms with van der Waals surface area (Å²) in [4.78, 5) is 12.4. The number of hydrogen-bond acceptors (Lipinski definition) is 6. The van der Waals surface area contributed by atoms with Crippen LogP contribution in [0.25, 0.3) is 0 Å². The summed E-state index contributed by atoms with van der Waals surface area (Å²) in [6.07, 6.45) is 12.6. The van der Waals surface area contributed by atoms with Gasteiger partial charge in [-0.3, -0.25) is 0 Å². The van der Waals surface area contributed by atoms with E-state index in [9.17, 15) is 9.90 Å². The Morgan fingerprint density at radius 1 is 1.10 bits per heavy atom. The lowest BCUT2D eigenvalue weighted by Gasteiger charge is -2.46.